The lowest BCUT2D eigenvalue weighted by Crippen LogP contribution is -2.31. The molecule has 2 aromatic carbocycles. The van der Waals surface area contributed by atoms with E-state index in [9.17, 15) is 14.7 Å². The van der Waals surface area contributed by atoms with Gasteiger partial charge < -0.3 is 14.6 Å². The van der Waals surface area contributed by atoms with Crippen molar-refractivity contribution < 1.29 is 24.2 Å². The third kappa shape index (κ3) is 3.65. The standard InChI is InChI=1S/C24H27NO5/c1-6-18(26)21-22(16-9-11-19(29-5)20(13-16)30-7-2)25(24(28)23(21)27)17-10-8-14(3)12-15(17)4/h8-13,22,27H,6-7H2,1-5H3. The first kappa shape index (κ1) is 21.4. The Morgan fingerprint density at radius 3 is 2.43 bits per heavy atom. The summed E-state index contributed by atoms with van der Waals surface area (Å²) < 4.78 is 11.1. The second-order valence-electron chi connectivity index (χ2n) is 7.25. The van der Waals surface area contributed by atoms with Gasteiger partial charge in [-0.2, -0.15) is 0 Å². The lowest BCUT2D eigenvalue weighted by atomic mass is 9.94. The van der Waals surface area contributed by atoms with E-state index in [1.165, 1.54) is 4.90 Å². The van der Waals surface area contributed by atoms with Gasteiger partial charge in [-0.3, -0.25) is 14.5 Å². The third-order valence-electron chi connectivity index (χ3n) is 5.24. The molecule has 1 unspecified atom stereocenters. The molecule has 0 aliphatic carbocycles. The summed E-state index contributed by atoms with van der Waals surface area (Å²) in [6.45, 7) is 7.89. The van der Waals surface area contributed by atoms with E-state index >= 15 is 0 Å². The van der Waals surface area contributed by atoms with Crippen LogP contribution in [0.25, 0.3) is 0 Å². The fraction of sp³-hybridized carbons (Fsp3) is 0.333. The molecule has 0 aromatic heterocycles. The monoisotopic (exact) mass is 409 g/mol. The van der Waals surface area contributed by atoms with Gasteiger partial charge in [0.25, 0.3) is 5.91 Å². The molecule has 1 N–H and O–H groups in total. The zero-order chi connectivity index (χ0) is 22.0. The number of Topliss-reactive ketones (excluding diaryl/α,β-unsaturated/α-hetero) is 1. The number of anilines is 1. The molecule has 1 atom stereocenters. The average Bonchev–Trinajstić information content (AvgIpc) is 2.98. The highest BCUT2D eigenvalue weighted by Gasteiger charge is 2.44. The second-order valence-corrected chi connectivity index (χ2v) is 7.25. The summed E-state index contributed by atoms with van der Waals surface area (Å²) >= 11 is 0. The number of aliphatic hydroxyl groups excluding tert-OH is 1. The van der Waals surface area contributed by atoms with Crippen molar-refractivity contribution in [1.29, 1.82) is 0 Å². The zero-order valence-corrected chi connectivity index (χ0v) is 18.0. The summed E-state index contributed by atoms with van der Waals surface area (Å²) in [4.78, 5) is 27.3. The van der Waals surface area contributed by atoms with Crippen molar-refractivity contribution >= 4 is 17.4 Å². The van der Waals surface area contributed by atoms with Gasteiger partial charge >= 0.3 is 0 Å². The Morgan fingerprint density at radius 2 is 1.83 bits per heavy atom. The molecule has 0 radical (unpaired) electrons. The topological polar surface area (TPSA) is 76.1 Å². The molecule has 1 aliphatic rings. The Bertz CT molecular complexity index is 1020. The number of methoxy groups -OCH3 is 1. The number of nitrogens with zero attached hydrogens (tertiary/aromatic N) is 1. The number of carbonyl (C=O) groups excluding carboxylic acids is 2. The molecule has 0 spiro atoms. The molecular formula is C24H27NO5. The van der Waals surface area contributed by atoms with E-state index in [1.807, 2.05) is 39.0 Å². The summed E-state index contributed by atoms with van der Waals surface area (Å²) in [7, 11) is 1.55. The van der Waals surface area contributed by atoms with E-state index in [1.54, 1.807) is 32.2 Å². The zero-order valence-electron chi connectivity index (χ0n) is 18.0. The summed E-state index contributed by atoms with van der Waals surface area (Å²) in [5.74, 6) is -0.287. The first-order valence-electron chi connectivity index (χ1n) is 10.0. The van der Waals surface area contributed by atoms with E-state index in [4.69, 9.17) is 9.47 Å². The van der Waals surface area contributed by atoms with Gasteiger partial charge in [0, 0.05) is 12.1 Å². The van der Waals surface area contributed by atoms with Crippen molar-refractivity contribution in [3.63, 3.8) is 0 Å². The van der Waals surface area contributed by atoms with Gasteiger partial charge in [0.15, 0.2) is 23.0 Å². The number of rotatable bonds is 7. The van der Waals surface area contributed by atoms with E-state index in [2.05, 4.69) is 0 Å². The van der Waals surface area contributed by atoms with Crippen LogP contribution in [-0.2, 0) is 9.59 Å². The van der Waals surface area contributed by atoms with Crippen molar-refractivity contribution in [2.24, 2.45) is 0 Å². The van der Waals surface area contributed by atoms with E-state index in [-0.39, 0.29) is 17.8 Å². The number of hydrogen-bond donors (Lipinski definition) is 1. The fourth-order valence-corrected chi connectivity index (χ4v) is 3.85. The molecule has 0 fully saturated rings. The highest BCUT2D eigenvalue weighted by Crippen LogP contribution is 2.44. The lowest BCUT2D eigenvalue weighted by molar-refractivity contribution is -0.118. The Hall–Kier alpha value is -3.28. The molecule has 0 bridgehead atoms. The number of ether oxygens (including phenoxy) is 2. The maximum absolute atomic E-state index is 13.1. The summed E-state index contributed by atoms with van der Waals surface area (Å²) in [5, 5.41) is 10.7. The molecule has 0 saturated heterocycles. The molecule has 3 rings (SSSR count). The van der Waals surface area contributed by atoms with Crippen LogP contribution in [0.15, 0.2) is 47.7 Å². The van der Waals surface area contributed by atoms with Crippen LogP contribution in [0, 0.1) is 13.8 Å². The van der Waals surface area contributed by atoms with Gasteiger partial charge in [0.1, 0.15) is 0 Å². The number of benzene rings is 2. The molecule has 158 valence electrons. The quantitative estimate of drug-likeness (QED) is 0.724. The molecular weight excluding hydrogens is 382 g/mol. The lowest BCUT2D eigenvalue weighted by Gasteiger charge is -2.29. The van der Waals surface area contributed by atoms with Crippen LogP contribution in [-0.4, -0.2) is 30.5 Å². The van der Waals surface area contributed by atoms with Crippen LogP contribution in [0.1, 0.15) is 43.0 Å². The number of amides is 1. The smallest absolute Gasteiger partial charge is 0.294 e. The van der Waals surface area contributed by atoms with Crippen LogP contribution in [0.2, 0.25) is 0 Å². The van der Waals surface area contributed by atoms with E-state index in [0.29, 0.717) is 29.4 Å². The van der Waals surface area contributed by atoms with Crippen LogP contribution in [0.4, 0.5) is 5.69 Å². The SMILES string of the molecule is CCOc1cc(C2C(C(=O)CC)=C(O)C(=O)N2c2ccc(C)cc2C)ccc1OC. The van der Waals surface area contributed by atoms with Crippen molar-refractivity contribution in [1.82, 2.24) is 0 Å². The largest absolute Gasteiger partial charge is 0.503 e. The Balaban J connectivity index is 2.22. The minimum absolute atomic E-state index is 0.107. The van der Waals surface area contributed by atoms with Gasteiger partial charge in [-0.05, 0) is 50.1 Å². The van der Waals surface area contributed by atoms with E-state index in [0.717, 1.165) is 11.1 Å². The second kappa shape index (κ2) is 8.61. The number of carbonyl (C=O) groups is 2. The third-order valence-corrected chi connectivity index (χ3v) is 5.24. The molecule has 0 saturated carbocycles. The first-order valence-corrected chi connectivity index (χ1v) is 10.0. The fourth-order valence-electron chi connectivity index (χ4n) is 3.85. The Morgan fingerprint density at radius 1 is 1.10 bits per heavy atom. The predicted molar refractivity (Wildman–Crippen MR) is 115 cm³/mol. The molecule has 30 heavy (non-hydrogen) atoms. The van der Waals surface area contributed by atoms with Crippen LogP contribution >= 0.6 is 0 Å². The summed E-state index contributed by atoms with van der Waals surface area (Å²) in [5.41, 5.74) is 3.35. The number of aryl methyl sites for hydroxylation is 2. The normalized spacial score (nSPS) is 16.2. The van der Waals surface area contributed by atoms with Crippen molar-refractivity contribution in [2.45, 2.75) is 40.2 Å². The van der Waals surface area contributed by atoms with Gasteiger partial charge in [-0.25, -0.2) is 0 Å². The minimum Gasteiger partial charge on any atom is -0.503 e. The maximum Gasteiger partial charge on any atom is 0.294 e. The highest BCUT2D eigenvalue weighted by molar-refractivity contribution is 6.16. The van der Waals surface area contributed by atoms with Crippen molar-refractivity contribution in [3.05, 3.63) is 64.4 Å². The van der Waals surface area contributed by atoms with Crippen LogP contribution in [0.3, 0.4) is 0 Å². The summed E-state index contributed by atoms with van der Waals surface area (Å²) in [6, 6.07) is 10.3. The Labute approximate surface area is 176 Å². The van der Waals surface area contributed by atoms with Gasteiger partial charge in [0.05, 0.1) is 25.3 Å². The molecule has 6 nitrogen and oxygen atoms in total. The first-order chi connectivity index (χ1) is 14.3. The summed E-state index contributed by atoms with van der Waals surface area (Å²) in [6.07, 6.45) is 0.179. The Kier molecular flexibility index (Phi) is 6.15. The molecule has 6 heteroatoms. The number of hydrogen-bond acceptors (Lipinski definition) is 5. The molecule has 1 aliphatic heterocycles. The van der Waals surface area contributed by atoms with Crippen LogP contribution in [0.5, 0.6) is 11.5 Å². The highest BCUT2D eigenvalue weighted by atomic mass is 16.5. The predicted octanol–water partition coefficient (Wildman–Crippen LogP) is 4.59. The van der Waals surface area contributed by atoms with Crippen molar-refractivity contribution in [2.75, 3.05) is 18.6 Å². The molecule has 1 heterocycles. The van der Waals surface area contributed by atoms with Gasteiger partial charge in [-0.1, -0.05) is 30.7 Å². The molecule has 1 amide bonds. The average molecular weight is 409 g/mol. The molecule has 2 aromatic rings. The minimum atomic E-state index is -0.753. The van der Waals surface area contributed by atoms with Gasteiger partial charge in [-0.15, -0.1) is 0 Å². The van der Waals surface area contributed by atoms with Crippen molar-refractivity contribution in [3.8, 4) is 11.5 Å². The maximum atomic E-state index is 13.1. The number of ketones is 1. The van der Waals surface area contributed by atoms with Crippen LogP contribution < -0.4 is 14.4 Å². The number of aliphatic hydroxyl groups is 1. The van der Waals surface area contributed by atoms with E-state index < -0.39 is 17.7 Å². The van der Waals surface area contributed by atoms with Gasteiger partial charge in [0.2, 0.25) is 0 Å².